The second-order valence-electron chi connectivity index (χ2n) is 5.21. The molecule has 114 valence electrons. The summed E-state index contributed by atoms with van der Waals surface area (Å²) in [6.07, 6.45) is 3.53. The number of hydrogen-bond acceptors (Lipinski definition) is 2. The second kappa shape index (κ2) is 8.70. The van der Waals surface area contributed by atoms with Gasteiger partial charge in [-0.15, -0.1) is 0 Å². The van der Waals surface area contributed by atoms with Crippen LogP contribution in [0.2, 0.25) is 17.1 Å². The first kappa shape index (κ1) is 17.5. The third kappa shape index (κ3) is 5.11. The van der Waals surface area contributed by atoms with Crippen LogP contribution in [0.4, 0.5) is 0 Å². The van der Waals surface area contributed by atoms with Gasteiger partial charge >= 0.3 is 8.56 Å². The van der Waals surface area contributed by atoms with Crippen LogP contribution in [0.3, 0.4) is 0 Å². The minimum atomic E-state index is -2.17. The molecule has 0 atom stereocenters. The van der Waals surface area contributed by atoms with Crippen molar-refractivity contribution in [2.75, 3.05) is 6.61 Å². The van der Waals surface area contributed by atoms with Crippen molar-refractivity contribution < 1.29 is 8.85 Å². The summed E-state index contributed by atoms with van der Waals surface area (Å²) >= 11 is 6.24. The summed E-state index contributed by atoms with van der Waals surface area (Å²) in [5, 5.41) is 0.673. The van der Waals surface area contributed by atoms with Crippen molar-refractivity contribution in [2.45, 2.75) is 59.0 Å². The van der Waals surface area contributed by atoms with E-state index in [4.69, 9.17) is 20.5 Å². The molecule has 0 saturated carbocycles. The van der Waals surface area contributed by atoms with Crippen LogP contribution in [0.1, 0.15) is 45.6 Å². The molecule has 0 radical (unpaired) electrons. The highest BCUT2D eigenvalue weighted by molar-refractivity contribution is 6.68. The van der Waals surface area contributed by atoms with Gasteiger partial charge in [-0.2, -0.15) is 0 Å². The van der Waals surface area contributed by atoms with Gasteiger partial charge in [0, 0.05) is 6.61 Å². The van der Waals surface area contributed by atoms with Gasteiger partial charge in [0.1, 0.15) is 5.75 Å². The summed E-state index contributed by atoms with van der Waals surface area (Å²) in [4.78, 5) is 0. The fraction of sp³-hybridized carbons (Fsp3) is 0.625. The molecule has 0 heterocycles. The Morgan fingerprint density at radius 2 is 1.80 bits per heavy atom. The average molecular weight is 315 g/mol. The second-order valence-corrected chi connectivity index (χ2v) is 9.34. The normalized spacial score (nSPS) is 11.7. The molecule has 1 aromatic carbocycles. The Balaban J connectivity index is 2.76. The van der Waals surface area contributed by atoms with E-state index in [-0.39, 0.29) is 0 Å². The molecule has 0 N–H and O–H groups in total. The average Bonchev–Trinajstić information content (AvgIpc) is 2.46. The van der Waals surface area contributed by atoms with E-state index in [1.165, 1.54) is 12.8 Å². The van der Waals surface area contributed by atoms with Gasteiger partial charge in [0.15, 0.2) is 0 Å². The molecule has 0 spiro atoms. The van der Waals surface area contributed by atoms with Gasteiger partial charge < -0.3 is 8.85 Å². The molecule has 0 aliphatic heterocycles. The quantitative estimate of drug-likeness (QED) is 0.429. The molecule has 2 nitrogen and oxygen atoms in total. The van der Waals surface area contributed by atoms with Crippen molar-refractivity contribution in [3.8, 4) is 5.75 Å². The number of rotatable bonds is 9. The molecule has 4 heteroatoms. The Hall–Kier alpha value is -0.513. The minimum Gasteiger partial charge on any atom is -0.519 e. The number of benzene rings is 1. The first-order valence-electron chi connectivity index (χ1n) is 7.66. The van der Waals surface area contributed by atoms with Crippen molar-refractivity contribution >= 4 is 20.2 Å². The van der Waals surface area contributed by atoms with Gasteiger partial charge in [-0.1, -0.05) is 51.3 Å². The number of halogens is 1. The largest absolute Gasteiger partial charge is 0.519 e. The van der Waals surface area contributed by atoms with Crippen molar-refractivity contribution in [3.05, 3.63) is 28.8 Å². The fourth-order valence-corrected chi connectivity index (χ4v) is 4.69. The molecule has 0 aliphatic rings. The van der Waals surface area contributed by atoms with Gasteiger partial charge in [-0.05, 0) is 43.1 Å². The zero-order chi connectivity index (χ0) is 15.0. The maximum Gasteiger partial charge on any atom is 0.398 e. The highest BCUT2D eigenvalue weighted by Crippen LogP contribution is 2.30. The molecule has 0 unspecified atom stereocenters. The molecule has 20 heavy (non-hydrogen) atoms. The molecule has 0 saturated heterocycles. The Bertz CT molecular complexity index is 405. The maximum atomic E-state index is 6.28. The van der Waals surface area contributed by atoms with E-state index in [0.717, 1.165) is 36.4 Å². The minimum absolute atomic E-state index is 0.673. The SMILES string of the molecule is CCCCCO[Si](CC)(CC)Oc1cc(C)ccc1Cl. The molecule has 1 aromatic rings. The van der Waals surface area contributed by atoms with Crippen LogP contribution >= 0.6 is 11.6 Å². The van der Waals surface area contributed by atoms with Crippen LogP contribution in [0.15, 0.2) is 18.2 Å². The zero-order valence-corrected chi connectivity index (χ0v) is 14.9. The summed E-state index contributed by atoms with van der Waals surface area (Å²) in [6, 6.07) is 7.79. The van der Waals surface area contributed by atoms with Crippen LogP contribution in [0.5, 0.6) is 5.75 Å². The fourth-order valence-electron chi connectivity index (χ4n) is 2.13. The first-order valence-corrected chi connectivity index (χ1v) is 10.3. The highest BCUT2D eigenvalue weighted by atomic mass is 35.5. The highest BCUT2D eigenvalue weighted by Gasteiger charge is 2.36. The van der Waals surface area contributed by atoms with E-state index in [1.54, 1.807) is 0 Å². The predicted molar refractivity (Wildman–Crippen MR) is 89.0 cm³/mol. The molecule has 1 rings (SSSR count). The van der Waals surface area contributed by atoms with E-state index in [9.17, 15) is 0 Å². The van der Waals surface area contributed by atoms with E-state index >= 15 is 0 Å². The lowest BCUT2D eigenvalue weighted by Crippen LogP contribution is -2.44. The van der Waals surface area contributed by atoms with E-state index in [2.05, 4.69) is 20.8 Å². The molecule has 0 amide bonds. The maximum absolute atomic E-state index is 6.28. The Morgan fingerprint density at radius 1 is 1.10 bits per heavy atom. The van der Waals surface area contributed by atoms with Gasteiger partial charge in [-0.3, -0.25) is 0 Å². The lowest BCUT2D eigenvalue weighted by atomic mass is 10.2. The number of aryl methyl sites for hydroxylation is 1. The summed E-state index contributed by atoms with van der Waals surface area (Å²) in [6.45, 7) is 9.35. The van der Waals surface area contributed by atoms with Gasteiger partial charge in [0.2, 0.25) is 0 Å². The topological polar surface area (TPSA) is 18.5 Å². The molecular weight excluding hydrogens is 288 g/mol. The standard InChI is InChI=1S/C16H27ClO2Si/c1-5-8-9-12-18-20(6-2,7-3)19-16-13-14(4)10-11-15(16)17/h10-11,13H,5-9,12H2,1-4H3. The Morgan fingerprint density at radius 3 is 2.40 bits per heavy atom. The molecule has 0 aromatic heterocycles. The smallest absolute Gasteiger partial charge is 0.398 e. The molecular formula is C16H27ClO2Si. The Labute approximate surface area is 129 Å². The van der Waals surface area contributed by atoms with E-state index in [0.29, 0.717) is 5.02 Å². The van der Waals surface area contributed by atoms with Crippen LogP contribution in [0.25, 0.3) is 0 Å². The monoisotopic (exact) mass is 314 g/mol. The van der Waals surface area contributed by atoms with Gasteiger partial charge in [0.25, 0.3) is 0 Å². The molecule has 0 bridgehead atoms. The van der Waals surface area contributed by atoms with Crippen molar-refractivity contribution in [3.63, 3.8) is 0 Å². The lowest BCUT2D eigenvalue weighted by molar-refractivity contribution is 0.231. The number of unbranched alkanes of at least 4 members (excludes halogenated alkanes) is 2. The lowest BCUT2D eigenvalue weighted by Gasteiger charge is -2.30. The summed E-state index contributed by atoms with van der Waals surface area (Å²) in [5.41, 5.74) is 1.16. The van der Waals surface area contributed by atoms with E-state index < -0.39 is 8.56 Å². The van der Waals surface area contributed by atoms with Crippen LogP contribution in [0, 0.1) is 6.92 Å². The predicted octanol–water partition coefficient (Wildman–Crippen LogP) is 5.72. The Kier molecular flexibility index (Phi) is 7.63. The van der Waals surface area contributed by atoms with Crippen molar-refractivity contribution in [1.82, 2.24) is 0 Å². The van der Waals surface area contributed by atoms with Gasteiger partial charge in [-0.25, -0.2) is 0 Å². The van der Waals surface area contributed by atoms with Crippen LogP contribution in [-0.4, -0.2) is 15.2 Å². The first-order chi connectivity index (χ1) is 9.56. The molecule has 0 aliphatic carbocycles. The van der Waals surface area contributed by atoms with Crippen LogP contribution in [-0.2, 0) is 4.43 Å². The van der Waals surface area contributed by atoms with Gasteiger partial charge in [0.05, 0.1) is 5.02 Å². The number of hydrogen-bond donors (Lipinski definition) is 0. The van der Waals surface area contributed by atoms with Crippen LogP contribution < -0.4 is 4.43 Å². The van der Waals surface area contributed by atoms with Crippen molar-refractivity contribution in [2.24, 2.45) is 0 Å². The summed E-state index contributed by atoms with van der Waals surface area (Å²) < 4.78 is 12.5. The van der Waals surface area contributed by atoms with Crippen molar-refractivity contribution in [1.29, 1.82) is 0 Å². The third-order valence-corrected chi connectivity index (χ3v) is 7.36. The summed E-state index contributed by atoms with van der Waals surface area (Å²) in [7, 11) is -2.17. The van der Waals surface area contributed by atoms with E-state index in [1.807, 2.05) is 25.1 Å². The molecule has 0 fully saturated rings. The third-order valence-electron chi connectivity index (χ3n) is 3.57. The zero-order valence-electron chi connectivity index (χ0n) is 13.2. The summed E-state index contributed by atoms with van der Waals surface area (Å²) in [5.74, 6) is 0.775.